The Morgan fingerprint density at radius 3 is 2.37 bits per heavy atom. The van der Waals surface area contributed by atoms with E-state index in [4.69, 9.17) is 0 Å². The SMILES string of the molecule is CCN(C(=O)CN1CCC2(CC1)CCC(C)(C)N(S(C)(=O)=O)C2)c1cccc(C)c1. The molecule has 0 N–H and O–H groups in total. The summed E-state index contributed by atoms with van der Waals surface area (Å²) in [4.78, 5) is 17.1. The minimum absolute atomic E-state index is 0.0408. The van der Waals surface area contributed by atoms with Gasteiger partial charge in [0.25, 0.3) is 0 Å². The maximum atomic E-state index is 13.0. The molecule has 1 spiro atoms. The normalized spacial score (nSPS) is 22.2. The second kappa shape index (κ2) is 8.60. The van der Waals surface area contributed by atoms with Crippen LogP contribution in [0.3, 0.4) is 0 Å². The zero-order valence-corrected chi connectivity index (χ0v) is 20.0. The van der Waals surface area contributed by atoms with Gasteiger partial charge in [0.1, 0.15) is 0 Å². The standard InChI is InChI=1S/C23H37N3O3S/c1-6-25(20-9-7-8-19(2)16-20)21(27)17-24-14-12-23(13-15-24)11-10-22(3,4)26(18-23)30(5,28)29/h7-9,16H,6,10-15,17-18H2,1-5H3. The maximum Gasteiger partial charge on any atom is 0.241 e. The van der Waals surface area contributed by atoms with E-state index in [0.29, 0.717) is 19.6 Å². The number of hydrogen-bond donors (Lipinski definition) is 0. The molecule has 0 saturated carbocycles. The van der Waals surface area contributed by atoms with E-state index < -0.39 is 10.0 Å². The Labute approximate surface area is 182 Å². The predicted octanol–water partition coefficient (Wildman–Crippen LogP) is 3.26. The van der Waals surface area contributed by atoms with Crippen molar-refractivity contribution in [1.29, 1.82) is 0 Å². The van der Waals surface area contributed by atoms with Gasteiger partial charge in [-0.2, -0.15) is 4.31 Å². The number of benzene rings is 1. The van der Waals surface area contributed by atoms with Gasteiger partial charge in [-0.1, -0.05) is 12.1 Å². The van der Waals surface area contributed by atoms with Crippen LogP contribution in [0.2, 0.25) is 0 Å². The molecular weight excluding hydrogens is 398 g/mol. The van der Waals surface area contributed by atoms with Crippen LogP contribution in [0.15, 0.2) is 24.3 Å². The smallest absolute Gasteiger partial charge is 0.241 e. The molecule has 1 amide bonds. The van der Waals surface area contributed by atoms with Crippen LogP contribution in [0.1, 0.15) is 52.0 Å². The van der Waals surface area contributed by atoms with Gasteiger partial charge in [0.2, 0.25) is 15.9 Å². The van der Waals surface area contributed by atoms with E-state index in [1.165, 1.54) is 6.26 Å². The number of likely N-dealkylation sites (N-methyl/N-ethyl adjacent to an activating group) is 1. The van der Waals surface area contributed by atoms with Gasteiger partial charge < -0.3 is 4.90 Å². The van der Waals surface area contributed by atoms with Crippen molar-refractivity contribution in [3.8, 4) is 0 Å². The first kappa shape index (κ1) is 23.2. The van der Waals surface area contributed by atoms with Gasteiger partial charge in [-0.15, -0.1) is 0 Å². The van der Waals surface area contributed by atoms with Crippen LogP contribution in [0, 0.1) is 12.3 Å². The van der Waals surface area contributed by atoms with E-state index in [2.05, 4.69) is 11.0 Å². The number of carbonyl (C=O) groups excluding carboxylic acids is 1. The summed E-state index contributed by atoms with van der Waals surface area (Å²) < 4.78 is 26.4. The first-order valence-electron chi connectivity index (χ1n) is 11.0. The second-order valence-electron chi connectivity index (χ2n) is 9.84. The Balaban J connectivity index is 1.62. The van der Waals surface area contributed by atoms with Crippen LogP contribution in [-0.2, 0) is 14.8 Å². The first-order chi connectivity index (χ1) is 14.0. The number of anilines is 1. The number of aryl methyl sites for hydroxylation is 1. The van der Waals surface area contributed by atoms with Crippen molar-refractivity contribution in [2.75, 3.05) is 43.9 Å². The van der Waals surface area contributed by atoms with Crippen molar-refractivity contribution in [1.82, 2.24) is 9.21 Å². The summed E-state index contributed by atoms with van der Waals surface area (Å²) in [6, 6.07) is 8.07. The molecule has 30 heavy (non-hydrogen) atoms. The minimum atomic E-state index is -3.23. The van der Waals surface area contributed by atoms with E-state index in [0.717, 1.165) is 50.0 Å². The highest BCUT2D eigenvalue weighted by Gasteiger charge is 2.47. The zero-order valence-electron chi connectivity index (χ0n) is 19.1. The topological polar surface area (TPSA) is 60.9 Å². The number of hydrogen-bond acceptors (Lipinski definition) is 4. The highest BCUT2D eigenvalue weighted by molar-refractivity contribution is 7.88. The minimum Gasteiger partial charge on any atom is -0.312 e. The highest BCUT2D eigenvalue weighted by Crippen LogP contribution is 2.45. The number of sulfonamides is 1. The lowest BCUT2D eigenvalue weighted by atomic mass is 9.69. The Bertz CT molecular complexity index is 873. The molecule has 0 aromatic heterocycles. The van der Waals surface area contributed by atoms with Crippen molar-refractivity contribution in [3.63, 3.8) is 0 Å². The Morgan fingerprint density at radius 2 is 1.80 bits per heavy atom. The van der Waals surface area contributed by atoms with Crippen LogP contribution in [-0.4, -0.2) is 68.0 Å². The number of rotatable bonds is 5. The van der Waals surface area contributed by atoms with Crippen molar-refractivity contribution < 1.29 is 13.2 Å². The fraction of sp³-hybridized carbons (Fsp3) is 0.696. The fourth-order valence-corrected chi connectivity index (χ4v) is 6.53. The molecule has 6 nitrogen and oxygen atoms in total. The Hall–Kier alpha value is -1.44. The second-order valence-corrected chi connectivity index (χ2v) is 11.7. The summed E-state index contributed by atoms with van der Waals surface area (Å²) in [6.45, 7) is 11.5. The van der Waals surface area contributed by atoms with E-state index in [1.807, 2.05) is 50.8 Å². The summed E-state index contributed by atoms with van der Waals surface area (Å²) in [7, 11) is -3.23. The van der Waals surface area contributed by atoms with Crippen LogP contribution in [0.5, 0.6) is 0 Å². The summed E-state index contributed by atoms with van der Waals surface area (Å²) in [5.41, 5.74) is 1.82. The van der Waals surface area contributed by atoms with Crippen LogP contribution < -0.4 is 4.90 Å². The third kappa shape index (κ3) is 5.06. The maximum absolute atomic E-state index is 13.0. The van der Waals surface area contributed by atoms with E-state index >= 15 is 0 Å². The van der Waals surface area contributed by atoms with Crippen LogP contribution in [0.4, 0.5) is 5.69 Å². The molecule has 168 valence electrons. The molecule has 1 aromatic carbocycles. The van der Waals surface area contributed by atoms with Crippen molar-refractivity contribution in [2.45, 2.75) is 58.9 Å². The highest BCUT2D eigenvalue weighted by atomic mass is 32.2. The molecule has 7 heteroatoms. The van der Waals surface area contributed by atoms with Crippen molar-refractivity contribution >= 4 is 21.6 Å². The molecular formula is C23H37N3O3S. The third-order valence-electron chi connectivity index (χ3n) is 7.03. The van der Waals surface area contributed by atoms with E-state index in [1.54, 1.807) is 4.31 Å². The molecule has 0 unspecified atom stereocenters. The molecule has 2 saturated heterocycles. The molecule has 2 fully saturated rings. The van der Waals surface area contributed by atoms with Gasteiger partial charge in [-0.25, -0.2) is 8.42 Å². The van der Waals surface area contributed by atoms with Crippen molar-refractivity contribution in [3.05, 3.63) is 29.8 Å². The molecule has 2 heterocycles. The lowest BCUT2D eigenvalue weighted by Crippen LogP contribution is -2.59. The molecule has 2 aliphatic heterocycles. The fourth-order valence-electron chi connectivity index (χ4n) is 5.03. The number of carbonyl (C=O) groups is 1. The molecule has 1 aromatic rings. The lowest BCUT2D eigenvalue weighted by molar-refractivity contribution is -0.120. The summed E-state index contributed by atoms with van der Waals surface area (Å²) in [5.74, 6) is 0.126. The van der Waals surface area contributed by atoms with Crippen molar-refractivity contribution in [2.24, 2.45) is 5.41 Å². The molecule has 0 bridgehead atoms. The molecule has 2 aliphatic rings. The first-order valence-corrected chi connectivity index (χ1v) is 12.9. The largest absolute Gasteiger partial charge is 0.312 e. The summed E-state index contributed by atoms with van der Waals surface area (Å²) in [5, 5.41) is 0. The predicted molar refractivity (Wildman–Crippen MR) is 122 cm³/mol. The van der Waals surface area contributed by atoms with Gasteiger partial charge in [-0.05, 0) is 89.6 Å². The van der Waals surface area contributed by atoms with Gasteiger partial charge in [-0.3, -0.25) is 9.69 Å². The van der Waals surface area contributed by atoms with E-state index in [-0.39, 0.29) is 16.9 Å². The van der Waals surface area contributed by atoms with Gasteiger partial charge >= 0.3 is 0 Å². The monoisotopic (exact) mass is 435 g/mol. The Kier molecular flexibility index (Phi) is 6.65. The Morgan fingerprint density at radius 1 is 1.13 bits per heavy atom. The molecule has 0 atom stereocenters. The number of amides is 1. The quantitative estimate of drug-likeness (QED) is 0.712. The molecule has 0 radical (unpaired) electrons. The lowest BCUT2D eigenvalue weighted by Gasteiger charge is -2.52. The van der Waals surface area contributed by atoms with Gasteiger partial charge in [0.05, 0.1) is 12.8 Å². The van der Waals surface area contributed by atoms with E-state index in [9.17, 15) is 13.2 Å². The average Bonchev–Trinajstić information content (AvgIpc) is 2.66. The van der Waals surface area contributed by atoms with Gasteiger partial charge in [0.15, 0.2) is 0 Å². The summed E-state index contributed by atoms with van der Waals surface area (Å²) in [6.07, 6.45) is 5.15. The number of likely N-dealkylation sites (tertiary alicyclic amines) is 1. The summed E-state index contributed by atoms with van der Waals surface area (Å²) >= 11 is 0. The molecule has 3 rings (SSSR count). The van der Waals surface area contributed by atoms with Gasteiger partial charge in [0, 0.05) is 24.3 Å². The zero-order chi connectivity index (χ0) is 22.2. The third-order valence-corrected chi connectivity index (χ3v) is 8.45. The van der Waals surface area contributed by atoms with Crippen LogP contribution in [0.25, 0.3) is 0 Å². The average molecular weight is 436 g/mol. The number of nitrogens with zero attached hydrogens (tertiary/aromatic N) is 3. The van der Waals surface area contributed by atoms with Crippen LogP contribution >= 0.6 is 0 Å². The molecule has 0 aliphatic carbocycles. The number of piperidine rings is 2.